The largest absolute Gasteiger partial charge is 0.375 e. The Labute approximate surface area is 110 Å². The number of rotatable bonds is 3. The smallest absolute Gasteiger partial charge is 0.0723 e. The van der Waals surface area contributed by atoms with Crippen molar-refractivity contribution in [3.63, 3.8) is 0 Å². The van der Waals surface area contributed by atoms with Gasteiger partial charge in [0.15, 0.2) is 0 Å². The van der Waals surface area contributed by atoms with Gasteiger partial charge in [-0.05, 0) is 37.5 Å². The van der Waals surface area contributed by atoms with Crippen LogP contribution in [-0.4, -0.2) is 25.3 Å². The predicted octanol–water partition coefficient (Wildman–Crippen LogP) is 2.46. The standard InChI is InChI=1S/C15H24N2O/c1-4-14-10-18-12(3)9-17(14)15-6-5-13(8-16)7-11(15)2/h5-7,12,14H,4,8-10,16H2,1-3H3. The van der Waals surface area contributed by atoms with Crippen molar-refractivity contribution < 1.29 is 4.74 Å². The zero-order valence-corrected chi connectivity index (χ0v) is 11.6. The van der Waals surface area contributed by atoms with Gasteiger partial charge in [0.1, 0.15) is 0 Å². The number of nitrogens with zero attached hydrogens (tertiary/aromatic N) is 1. The SMILES string of the molecule is CCC1COC(C)CN1c1ccc(CN)cc1C. The molecule has 0 radical (unpaired) electrons. The van der Waals surface area contributed by atoms with Gasteiger partial charge in [-0.15, -0.1) is 0 Å². The number of hydrogen-bond acceptors (Lipinski definition) is 3. The summed E-state index contributed by atoms with van der Waals surface area (Å²) in [6.45, 7) is 8.94. The van der Waals surface area contributed by atoms with Crippen molar-refractivity contribution in [3.8, 4) is 0 Å². The molecule has 2 atom stereocenters. The van der Waals surface area contributed by atoms with Gasteiger partial charge < -0.3 is 15.4 Å². The molecule has 2 N–H and O–H groups in total. The first-order valence-corrected chi connectivity index (χ1v) is 6.83. The lowest BCUT2D eigenvalue weighted by Gasteiger charge is -2.40. The fourth-order valence-electron chi connectivity index (χ4n) is 2.64. The molecule has 2 unspecified atom stereocenters. The van der Waals surface area contributed by atoms with Crippen LogP contribution in [0.2, 0.25) is 0 Å². The first-order valence-electron chi connectivity index (χ1n) is 6.83. The molecule has 1 heterocycles. The minimum Gasteiger partial charge on any atom is -0.375 e. The van der Waals surface area contributed by atoms with E-state index in [1.165, 1.54) is 16.8 Å². The summed E-state index contributed by atoms with van der Waals surface area (Å²) in [6, 6.07) is 7.03. The molecule has 2 rings (SSSR count). The molecule has 1 fully saturated rings. The van der Waals surface area contributed by atoms with Gasteiger partial charge in [-0.3, -0.25) is 0 Å². The van der Waals surface area contributed by atoms with Gasteiger partial charge >= 0.3 is 0 Å². The Morgan fingerprint density at radius 2 is 2.22 bits per heavy atom. The van der Waals surface area contributed by atoms with E-state index in [0.717, 1.165) is 19.6 Å². The third kappa shape index (κ3) is 2.68. The van der Waals surface area contributed by atoms with E-state index in [0.29, 0.717) is 18.7 Å². The van der Waals surface area contributed by atoms with Crippen LogP contribution in [0.5, 0.6) is 0 Å². The first kappa shape index (κ1) is 13.4. The highest BCUT2D eigenvalue weighted by molar-refractivity contribution is 5.55. The Morgan fingerprint density at radius 1 is 1.44 bits per heavy atom. The molecular formula is C15H24N2O. The molecule has 0 saturated carbocycles. The van der Waals surface area contributed by atoms with Crippen LogP contribution in [0, 0.1) is 6.92 Å². The molecule has 1 aromatic carbocycles. The van der Waals surface area contributed by atoms with Crippen LogP contribution in [-0.2, 0) is 11.3 Å². The molecule has 1 aromatic rings. The van der Waals surface area contributed by atoms with Crippen molar-refractivity contribution in [2.45, 2.75) is 45.9 Å². The van der Waals surface area contributed by atoms with Crippen LogP contribution in [0.4, 0.5) is 5.69 Å². The number of nitrogens with two attached hydrogens (primary N) is 1. The van der Waals surface area contributed by atoms with E-state index < -0.39 is 0 Å². The minimum absolute atomic E-state index is 0.307. The average molecular weight is 248 g/mol. The minimum atomic E-state index is 0.307. The molecule has 3 heteroatoms. The van der Waals surface area contributed by atoms with Crippen molar-refractivity contribution in [2.75, 3.05) is 18.1 Å². The van der Waals surface area contributed by atoms with Crippen LogP contribution in [0.15, 0.2) is 18.2 Å². The van der Waals surface area contributed by atoms with E-state index >= 15 is 0 Å². The van der Waals surface area contributed by atoms with Crippen molar-refractivity contribution in [2.24, 2.45) is 5.73 Å². The Balaban J connectivity index is 2.27. The van der Waals surface area contributed by atoms with Gasteiger partial charge in [0.05, 0.1) is 18.8 Å². The quantitative estimate of drug-likeness (QED) is 0.893. The van der Waals surface area contributed by atoms with Gasteiger partial charge in [-0.25, -0.2) is 0 Å². The molecule has 18 heavy (non-hydrogen) atoms. The Kier molecular flexibility index (Phi) is 4.25. The lowest BCUT2D eigenvalue weighted by Crippen LogP contribution is -2.49. The highest BCUT2D eigenvalue weighted by atomic mass is 16.5. The molecule has 1 aliphatic heterocycles. The Bertz CT molecular complexity index is 405. The van der Waals surface area contributed by atoms with Crippen LogP contribution in [0.3, 0.4) is 0 Å². The maximum Gasteiger partial charge on any atom is 0.0723 e. The van der Waals surface area contributed by atoms with E-state index in [1.54, 1.807) is 0 Å². The fraction of sp³-hybridized carbons (Fsp3) is 0.600. The van der Waals surface area contributed by atoms with Gasteiger partial charge in [0.25, 0.3) is 0 Å². The second kappa shape index (κ2) is 5.72. The van der Waals surface area contributed by atoms with Gasteiger partial charge in [0, 0.05) is 18.8 Å². The van der Waals surface area contributed by atoms with Crippen molar-refractivity contribution in [1.82, 2.24) is 0 Å². The number of hydrogen-bond donors (Lipinski definition) is 1. The molecule has 1 saturated heterocycles. The van der Waals surface area contributed by atoms with E-state index in [1.807, 2.05) is 0 Å². The van der Waals surface area contributed by atoms with Gasteiger partial charge in [-0.1, -0.05) is 19.1 Å². The normalized spacial score (nSPS) is 24.3. The summed E-state index contributed by atoms with van der Waals surface area (Å²) >= 11 is 0. The first-order chi connectivity index (χ1) is 8.65. The van der Waals surface area contributed by atoms with Crippen molar-refractivity contribution in [3.05, 3.63) is 29.3 Å². The van der Waals surface area contributed by atoms with Gasteiger partial charge in [0.2, 0.25) is 0 Å². The monoisotopic (exact) mass is 248 g/mol. The lowest BCUT2D eigenvalue weighted by atomic mass is 10.0. The summed E-state index contributed by atoms with van der Waals surface area (Å²) in [4.78, 5) is 2.49. The van der Waals surface area contributed by atoms with Crippen LogP contribution >= 0.6 is 0 Å². The fourth-order valence-corrected chi connectivity index (χ4v) is 2.64. The van der Waals surface area contributed by atoms with Crippen LogP contribution < -0.4 is 10.6 Å². The maximum absolute atomic E-state index is 5.76. The van der Waals surface area contributed by atoms with E-state index in [-0.39, 0.29) is 0 Å². The van der Waals surface area contributed by atoms with Crippen LogP contribution in [0.1, 0.15) is 31.4 Å². The summed E-state index contributed by atoms with van der Waals surface area (Å²) in [5, 5.41) is 0. The van der Waals surface area contributed by atoms with E-state index in [9.17, 15) is 0 Å². The molecule has 0 bridgehead atoms. The third-order valence-corrected chi connectivity index (χ3v) is 3.75. The van der Waals surface area contributed by atoms with E-state index in [2.05, 4.69) is 43.9 Å². The van der Waals surface area contributed by atoms with E-state index in [4.69, 9.17) is 10.5 Å². The Morgan fingerprint density at radius 3 is 2.83 bits per heavy atom. The van der Waals surface area contributed by atoms with Crippen LogP contribution in [0.25, 0.3) is 0 Å². The molecular weight excluding hydrogens is 224 g/mol. The summed E-state index contributed by atoms with van der Waals surface area (Å²) in [6.07, 6.45) is 1.42. The molecule has 0 spiro atoms. The Hall–Kier alpha value is -1.06. The summed E-state index contributed by atoms with van der Waals surface area (Å²) < 4.78 is 5.76. The van der Waals surface area contributed by atoms with Gasteiger partial charge in [-0.2, -0.15) is 0 Å². The second-order valence-electron chi connectivity index (χ2n) is 5.18. The molecule has 0 aromatic heterocycles. The molecule has 100 valence electrons. The number of morpholine rings is 1. The second-order valence-corrected chi connectivity index (χ2v) is 5.18. The maximum atomic E-state index is 5.76. The highest BCUT2D eigenvalue weighted by Crippen LogP contribution is 2.27. The summed E-state index contributed by atoms with van der Waals surface area (Å²) in [5.41, 5.74) is 9.53. The number of benzene rings is 1. The molecule has 1 aliphatic rings. The third-order valence-electron chi connectivity index (χ3n) is 3.75. The molecule has 0 aliphatic carbocycles. The zero-order valence-electron chi connectivity index (χ0n) is 11.6. The number of aryl methyl sites for hydroxylation is 1. The summed E-state index contributed by atoms with van der Waals surface area (Å²) in [7, 11) is 0. The van der Waals surface area contributed by atoms with Crippen molar-refractivity contribution >= 4 is 5.69 Å². The average Bonchev–Trinajstić information content (AvgIpc) is 2.38. The molecule has 0 amide bonds. The predicted molar refractivity (Wildman–Crippen MR) is 75.9 cm³/mol. The lowest BCUT2D eigenvalue weighted by molar-refractivity contribution is 0.0299. The zero-order chi connectivity index (χ0) is 13.1. The number of ether oxygens (including phenoxy) is 1. The topological polar surface area (TPSA) is 38.5 Å². The molecule has 3 nitrogen and oxygen atoms in total. The number of anilines is 1. The van der Waals surface area contributed by atoms with Crippen molar-refractivity contribution in [1.29, 1.82) is 0 Å². The summed E-state index contributed by atoms with van der Waals surface area (Å²) in [5.74, 6) is 0. The highest BCUT2D eigenvalue weighted by Gasteiger charge is 2.26.